The Morgan fingerprint density at radius 2 is 1.92 bits per heavy atom. The fourth-order valence-corrected chi connectivity index (χ4v) is 3.57. The lowest BCUT2D eigenvalue weighted by Gasteiger charge is -2.19. The molecule has 0 aliphatic heterocycles. The zero-order chi connectivity index (χ0) is 27.7. The minimum absolute atomic E-state index is 0.0268. The Bertz CT molecular complexity index is 1420. The van der Waals surface area contributed by atoms with E-state index in [0.717, 1.165) is 4.68 Å². The fraction of sp³-hybridized carbons (Fsp3) is 0.280. The predicted octanol–water partition coefficient (Wildman–Crippen LogP) is 5.86. The van der Waals surface area contributed by atoms with Crippen LogP contribution in [0.4, 0.5) is 23.7 Å². The van der Waals surface area contributed by atoms with Crippen molar-refractivity contribution in [1.29, 1.82) is 0 Å². The summed E-state index contributed by atoms with van der Waals surface area (Å²) in [5, 5.41) is 10.5. The van der Waals surface area contributed by atoms with Crippen LogP contribution >= 0.6 is 11.6 Å². The van der Waals surface area contributed by atoms with Crippen LogP contribution in [0.15, 0.2) is 25.0 Å². The van der Waals surface area contributed by atoms with Gasteiger partial charge in [-0.15, -0.1) is 11.6 Å². The molecule has 12 heteroatoms. The number of carbonyl (C=O) groups excluding carboxylic acids is 2. The van der Waals surface area contributed by atoms with Gasteiger partial charge in [0.05, 0.1) is 23.1 Å². The van der Waals surface area contributed by atoms with E-state index in [1.54, 1.807) is 34.0 Å². The van der Waals surface area contributed by atoms with E-state index < -0.39 is 52.2 Å². The van der Waals surface area contributed by atoms with Crippen LogP contribution in [0.5, 0.6) is 0 Å². The molecule has 0 atom stereocenters. The quantitative estimate of drug-likeness (QED) is 0.315. The molecule has 0 bridgehead atoms. The van der Waals surface area contributed by atoms with Crippen molar-refractivity contribution in [2.75, 3.05) is 11.2 Å². The SMILES string of the molecule is C=Cc1c(/C=C(\C)c2c(F)cc(NC(=O)CCl)c(F)c2F)c(-c2cnn(C)c2)nn1C(=O)OC(C)(C)C. The first kappa shape index (κ1) is 27.7. The van der Waals surface area contributed by atoms with E-state index >= 15 is 0 Å². The van der Waals surface area contributed by atoms with Gasteiger partial charge in [0.2, 0.25) is 5.91 Å². The number of nitrogens with one attached hydrogen (secondary N) is 1. The molecular formula is C25H25ClF3N5O3. The molecule has 0 saturated carbocycles. The van der Waals surface area contributed by atoms with Crippen LogP contribution in [0, 0.1) is 17.5 Å². The maximum Gasteiger partial charge on any atom is 0.435 e. The predicted molar refractivity (Wildman–Crippen MR) is 135 cm³/mol. The topological polar surface area (TPSA) is 91.0 Å². The van der Waals surface area contributed by atoms with Crippen molar-refractivity contribution < 1.29 is 27.5 Å². The Kier molecular flexibility index (Phi) is 7.97. The smallest absolute Gasteiger partial charge is 0.435 e. The Morgan fingerprint density at radius 3 is 2.46 bits per heavy atom. The summed E-state index contributed by atoms with van der Waals surface area (Å²) in [5.41, 5.74) is -1.01. The summed E-state index contributed by atoms with van der Waals surface area (Å²) >= 11 is 5.37. The molecule has 37 heavy (non-hydrogen) atoms. The van der Waals surface area contributed by atoms with E-state index in [-0.39, 0.29) is 22.5 Å². The summed E-state index contributed by atoms with van der Waals surface area (Å²) < 4.78 is 52.6. The first-order chi connectivity index (χ1) is 17.3. The molecule has 0 aliphatic carbocycles. The third-order valence-electron chi connectivity index (χ3n) is 5.01. The Morgan fingerprint density at radius 1 is 1.24 bits per heavy atom. The lowest BCUT2D eigenvalue weighted by atomic mass is 9.99. The molecule has 0 radical (unpaired) electrons. The molecule has 1 N–H and O–H groups in total. The molecule has 3 aromatic rings. The van der Waals surface area contributed by atoms with E-state index in [1.807, 2.05) is 5.32 Å². The lowest BCUT2D eigenvalue weighted by molar-refractivity contribution is -0.113. The van der Waals surface area contributed by atoms with Crippen molar-refractivity contribution in [3.63, 3.8) is 0 Å². The van der Waals surface area contributed by atoms with E-state index in [9.17, 15) is 22.8 Å². The van der Waals surface area contributed by atoms with E-state index in [4.69, 9.17) is 16.3 Å². The molecule has 0 unspecified atom stereocenters. The summed E-state index contributed by atoms with van der Waals surface area (Å²) in [6.07, 6.45) is 5.03. The number of hydrogen-bond acceptors (Lipinski definition) is 5. The number of aryl methyl sites for hydroxylation is 1. The lowest BCUT2D eigenvalue weighted by Crippen LogP contribution is -2.28. The molecule has 0 spiro atoms. The second-order valence-electron chi connectivity index (χ2n) is 9.06. The number of ether oxygens (including phenoxy) is 1. The number of amides is 1. The molecular weight excluding hydrogens is 511 g/mol. The van der Waals surface area contributed by atoms with Crippen molar-refractivity contribution in [2.24, 2.45) is 7.05 Å². The average molecular weight is 536 g/mol. The zero-order valence-corrected chi connectivity index (χ0v) is 21.6. The van der Waals surface area contributed by atoms with Gasteiger partial charge in [-0.3, -0.25) is 9.48 Å². The summed E-state index contributed by atoms with van der Waals surface area (Å²) in [5.74, 6) is -5.44. The second kappa shape index (κ2) is 10.6. The largest absolute Gasteiger partial charge is 0.442 e. The van der Waals surface area contributed by atoms with Crippen LogP contribution in [-0.2, 0) is 16.6 Å². The maximum atomic E-state index is 15.0. The third-order valence-corrected chi connectivity index (χ3v) is 5.25. The first-order valence-corrected chi connectivity index (χ1v) is 11.5. The molecule has 0 aliphatic rings. The van der Waals surface area contributed by atoms with Gasteiger partial charge in [0.15, 0.2) is 11.6 Å². The van der Waals surface area contributed by atoms with Gasteiger partial charge in [-0.25, -0.2) is 18.0 Å². The number of nitrogens with zero attached hydrogens (tertiary/aromatic N) is 4. The highest BCUT2D eigenvalue weighted by molar-refractivity contribution is 6.29. The summed E-state index contributed by atoms with van der Waals surface area (Å²) in [6, 6.07) is 0.663. The van der Waals surface area contributed by atoms with Gasteiger partial charge in [0, 0.05) is 30.4 Å². The molecule has 0 fully saturated rings. The molecule has 196 valence electrons. The first-order valence-electron chi connectivity index (χ1n) is 11.0. The average Bonchev–Trinajstić information content (AvgIpc) is 3.39. The van der Waals surface area contributed by atoms with Crippen molar-refractivity contribution >= 4 is 47.0 Å². The van der Waals surface area contributed by atoms with Crippen LogP contribution in [-0.4, -0.2) is 43.0 Å². The van der Waals surface area contributed by atoms with Gasteiger partial charge < -0.3 is 10.1 Å². The van der Waals surface area contributed by atoms with Crippen LogP contribution in [0.3, 0.4) is 0 Å². The van der Waals surface area contributed by atoms with Gasteiger partial charge in [-0.2, -0.15) is 14.9 Å². The molecule has 2 aromatic heterocycles. The van der Waals surface area contributed by atoms with Crippen LogP contribution < -0.4 is 5.32 Å². The molecule has 2 heterocycles. The van der Waals surface area contributed by atoms with Gasteiger partial charge in [0.25, 0.3) is 0 Å². The molecule has 3 rings (SSSR count). The molecule has 8 nitrogen and oxygen atoms in total. The summed E-state index contributed by atoms with van der Waals surface area (Å²) in [4.78, 5) is 24.4. The third kappa shape index (κ3) is 5.93. The normalized spacial score (nSPS) is 12.0. The van der Waals surface area contributed by atoms with Gasteiger partial charge >= 0.3 is 6.09 Å². The maximum absolute atomic E-state index is 15.0. The molecule has 1 amide bonds. The van der Waals surface area contributed by atoms with Crippen molar-refractivity contribution in [1.82, 2.24) is 19.6 Å². The number of carbonyl (C=O) groups is 2. The number of alkyl halides is 1. The minimum Gasteiger partial charge on any atom is -0.442 e. The number of benzene rings is 1. The molecule has 1 aromatic carbocycles. The number of rotatable bonds is 6. The van der Waals surface area contributed by atoms with Gasteiger partial charge in [-0.05, 0) is 45.4 Å². The van der Waals surface area contributed by atoms with Gasteiger partial charge in [0.1, 0.15) is 23.0 Å². The Balaban J connectivity index is 2.22. The number of allylic oxidation sites excluding steroid dienone is 1. The number of hydrogen-bond donors (Lipinski definition) is 1. The van der Waals surface area contributed by atoms with E-state index in [2.05, 4.69) is 16.8 Å². The summed E-state index contributed by atoms with van der Waals surface area (Å²) in [6.45, 7) is 10.2. The standard InChI is InChI=1S/C25H25ClF3N5O3/c1-7-18-15(8-13(2)20-16(27)9-17(21(28)22(20)29)31-19(35)10-26)23(14-11-30-33(6)12-14)32-34(18)24(36)37-25(3,4)5/h7-9,11-12H,1,10H2,2-6H3,(H,31,35)/b13-8+. The van der Waals surface area contributed by atoms with Gasteiger partial charge in [-0.1, -0.05) is 6.58 Å². The second-order valence-corrected chi connectivity index (χ2v) is 9.33. The highest BCUT2D eigenvalue weighted by Gasteiger charge is 2.26. The van der Waals surface area contributed by atoms with Crippen molar-refractivity contribution in [2.45, 2.75) is 33.3 Å². The van der Waals surface area contributed by atoms with E-state index in [0.29, 0.717) is 11.6 Å². The van der Waals surface area contributed by atoms with Crippen molar-refractivity contribution in [3.05, 3.63) is 59.3 Å². The van der Waals surface area contributed by atoms with E-state index in [1.165, 1.54) is 30.0 Å². The number of halogens is 4. The fourth-order valence-electron chi connectivity index (χ4n) is 3.50. The van der Waals surface area contributed by atoms with Crippen LogP contribution in [0.2, 0.25) is 0 Å². The monoisotopic (exact) mass is 535 g/mol. The van der Waals surface area contributed by atoms with Crippen LogP contribution in [0.25, 0.3) is 29.0 Å². The Hall–Kier alpha value is -3.86. The highest BCUT2D eigenvalue weighted by Crippen LogP contribution is 2.34. The highest BCUT2D eigenvalue weighted by atomic mass is 35.5. The number of aromatic nitrogens is 4. The van der Waals surface area contributed by atoms with Crippen LogP contribution in [0.1, 0.15) is 44.5 Å². The zero-order valence-electron chi connectivity index (χ0n) is 20.8. The minimum atomic E-state index is -1.51. The molecule has 0 saturated heterocycles. The number of anilines is 1. The summed E-state index contributed by atoms with van der Waals surface area (Å²) in [7, 11) is 1.68. The Labute approximate surface area is 216 Å². The van der Waals surface area contributed by atoms with Crippen molar-refractivity contribution in [3.8, 4) is 11.3 Å².